The Morgan fingerprint density at radius 2 is 1.79 bits per heavy atom. The third-order valence-electron chi connectivity index (χ3n) is 4.77. The second kappa shape index (κ2) is 8.38. The average molecular weight is 394 g/mol. The SMILES string of the molecule is Cc1cc(N2CCC(Nc3nccc(Oc4ccc(F)cc4)n3)CC2)nc(C)n1. The summed E-state index contributed by atoms with van der Waals surface area (Å²) < 4.78 is 18.7. The summed E-state index contributed by atoms with van der Waals surface area (Å²) in [6.45, 7) is 5.71. The fourth-order valence-electron chi connectivity index (χ4n) is 3.39. The standard InChI is InChI=1S/C21H23FN6O/c1-14-13-19(25-15(2)24-14)28-11-8-17(9-12-28)26-21-23-10-7-20(27-21)29-18-5-3-16(22)4-6-18/h3-7,10,13,17H,8-9,11-12H2,1-2H3,(H,23,26,27). The predicted octanol–water partition coefficient (Wildman–Crippen LogP) is 3.90. The van der Waals surface area contributed by atoms with Crippen LogP contribution in [0.3, 0.4) is 0 Å². The van der Waals surface area contributed by atoms with Crippen molar-refractivity contribution in [2.45, 2.75) is 32.7 Å². The zero-order valence-electron chi connectivity index (χ0n) is 16.5. The molecule has 0 aliphatic carbocycles. The lowest BCUT2D eigenvalue weighted by Gasteiger charge is -2.33. The maximum absolute atomic E-state index is 13.0. The lowest BCUT2D eigenvalue weighted by molar-refractivity contribution is 0.459. The van der Waals surface area contributed by atoms with E-state index in [1.807, 2.05) is 19.9 Å². The molecule has 0 atom stereocenters. The van der Waals surface area contributed by atoms with E-state index in [4.69, 9.17) is 4.74 Å². The van der Waals surface area contributed by atoms with Crippen molar-refractivity contribution < 1.29 is 9.13 Å². The quantitative estimate of drug-likeness (QED) is 0.703. The fourth-order valence-corrected chi connectivity index (χ4v) is 3.39. The molecule has 1 fully saturated rings. The molecule has 0 spiro atoms. The average Bonchev–Trinajstić information content (AvgIpc) is 2.70. The van der Waals surface area contributed by atoms with E-state index in [9.17, 15) is 4.39 Å². The van der Waals surface area contributed by atoms with Gasteiger partial charge in [-0.25, -0.2) is 19.3 Å². The Hall–Kier alpha value is -3.29. The summed E-state index contributed by atoms with van der Waals surface area (Å²) in [5.74, 6) is 2.95. The summed E-state index contributed by atoms with van der Waals surface area (Å²) in [7, 11) is 0. The molecule has 1 N–H and O–H groups in total. The largest absolute Gasteiger partial charge is 0.439 e. The van der Waals surface area contributed by atoms with Crippen LogP contribution in [0.2, 0.25) is 0 Å². The number of aromatic nitrogens is 4. The van der Waals surface area contributed by atoms with Crippen LogP contribution in [0.25, 0.3) is 0 Å². The first-order chi connectivity index (χ1) is 14.0. The lowest BCUT2D eigenvalue weighted by atomic mass is 10.1. The van der Waals surface area contributed by atoms with Crippen LogP contribution in [0.15, 0.2) is 42.6 Å². The maximum atomic E-state index is 13.0. The molecule has 150 valence electrons. The molecular formula is C21H23FN6O. The normalized spacial score (nSPS) is 14.7. The number of nitrogens with zero attached hydrogens (tertiary/aromatic N) is 5. The highest BCUT2D eigenvalue weighted by Gasteiger charge is 2.21. The van der Waals surface area contributed by atoms with Crippen LogP contribution in [0.5, 0.6) is 11.6 Å². The molecule has 3 aromatic rings. The van der Waals surface area contributed by atoms with E-state index >= 15 is 0 Å². The Morgan fingerprint density at radius 1 is 1.03 bits per heavy atom. The highest BCUT2D eigenvalue weighted by molar-refractivity contribution is 5.41. The monoisotopic (exact) mass is 394 g/mol. The van der Waals surface area contributed by atoms with E-state index in [0.29, 0.717) is 17.6 Å². The van der Waals surface area contributed by atoms with Gasteiger partial charge in [-0.15, -0.1) is 0 Å². The van der Waals surface area contributed by atoms with Crippen molar-refractivity contribution in [2.24, 2.45) is 0 Å². The number of ether oxygens (including phenoxy) is 1. The van der Waals surface area contributed by atoms with Gasteiger partial charge in [-0.2, -0.15) is 4.98 Å². The summed E-state index contributed by atoms with van der Waals surface area (Å²) in [6, 6.07) is 9.81. The van der Waals surface area contributed by atoms with Gasteiger partial charge in [0.2, 0.25) is 11.8 Å². The molecule has 1 aliphatic rings. The third-order valence-corrected chi connectivity index (χ3v) is 4.77. The fraction of sp³-hybridized carbons (Fsp3) is 0.333. The molecule has 29 heavy (non-hydrogen) atoms. The van der Waals surface area contributed by atoms with Gasteiger partial charge < -0.3 is 15.0 Å². The van der Waals surface area contributed by atoms with Gasteiger partial charge in [0.05, 0.1) is 0 Å². The molecular weight excluding hydrogens is 371 g/mol. The topological polar surface area (TPSA) is 76.1 Å². The van der Waals surface area contributed by atoms with Gasteiger partial charge in [-0.3, -0.25) is 0 Å². The molecule has 1 aliphatic heterocycles. The van der Waals surface area contributed by atoms with E-state index in [1.54, 1.807) is 24.4 Å². The van der Waals surface area contributed by atoms with Crippen molar-refractivity contribution in [2.75, 3.05) is 23.3 Å². The Morgan fingerprint density at radius 3 is 2.52 bits per heavy atom. The lowest BCUT2D eigenvalue weighted by Crippen LogP contribution is -2.40. The van der Waals surface area contributed by atoms with Gasteiger partial charge in [0.15, 0.2) is 0 Å². The van der Waals surface area contributed by atoms with Gasteiger partial charge in [0, 0.05) is 43.2 Å². The van der Waals surface area contributed by atoms with Crippen molar-refractivity contribution in [3.8, 4) is 11.6 Å². The maximum Gasteiger partial charge on any atom is 0.226 e. The molecule has 0 bridgehead atoms. The number of aryl methyl sites for hydroxylation is 2. The summed E-state index contributed by atoms with van der Waals surface area (Å²) in [5, 5.41) is 3.39. The van der Waals surface area contributed by atoms with Crippen molar-refractivity contribution >= 4 is 11.8 Å². The first-order valence-electron chi connectivity index (χ1n) is 9.65. The van der Waals surface area contributed by atoms with Gasteiger partial charge in [0.1, 0.15) is 23.2 Å². The van der Waals surface area contributed by atoms with Gasteiger partial charge in [-0.05, 0) is 51.0 Å². The summed E-state index contributed by atoms with van der Waals surface area (Å²) in [4.78, 5) is 19.9. The first kappa shape index (κ1) is 19.0. The molecule has 1 aromatic carbocycles. The molecule has 2 aromatic heterocycles. The number of piperidine rings is 1. The van der Waals surface area contributed by atoms with E-state index in [0.717, 1.165) is 43.3 Å². The van der Waals surface area contributed by atoms with E-state index < -0.39 is 0 Å². The number of nitrogens with one attached hydrogen (secondary N) is 1. The van der Waals surface area contributed by atoms with Crippen molar-refractivity contribution in [3.05, 3.63) is 59.9 Å². The number of halogens is 1. The number of rotatable bonds is 5. The van der Waals surface area contributed by atoms with E-state index in [-0.39, 0.29) is 11.9 Å². The van der Waals surface area contributed by atoms with Gasteiger partial charge in [-0.1, -0.05) is 0 Å². The first-order valence-corrected chi connectivity index (χ1v) is 9.65. The molecule has 0 unspecified atom stereocenters. The van der Waals surface area contributed by atoms with Crippen LogP contribution in [0.1, 0.15) is 24.4 Å². The molecule has 1 saturated heterocycles. The second-order valence-corrected chi connectivity index (χ2v) is 7.09. The molecule has 0 saturated carbocycles. The molecule has 0 amide bonds. The van der Waals surface area contributed by atoms with Crippen molar-refractivity contribution in [3.63, 3.8) is 0 Å². The molecule has 4 rings (SSSR count). The van der Waals surface area contributed by atoms with Gasteiger partial charge >= 0.3 is 0 Å². The highest BCUT2D eigenvalue weighted by Crippen LogP contribution is 2.23. The number of anilines is 2. The van der Waals surface area contributed by atoms with E-state index in [1.165, 1.54) is 12.1 Å². The van der Waals surface area contributed by atoms with Crippen LogP contribution < -0.4 is 15.0 Å². The Balaban J connectivity index is 1.35. The highest BCUT2D eigenvalue weighted by atomic mass is 19.1. The Bertz CT molecular complexity index is 953. The Labute approximate surface area is 169 Å². The van der Waals surface area contributed by atoms with Crippen LogP contribution in [-0.4, -0.2) is 39.1 Å². The van der Waals surface area contributed by atoms with Crippen LogP contribution in [0, 0.1) is 19.7 Å². The van der Waals surface area contributed by atoms with Crippen molar-refractivity contribution in [1.29, 1.82) is 0 Å². The minimum Gasteiger partial charge on any atom is -0.439 e. The Kier molecular flexibility index (Phi) is 5.50. The molecule has 3 heterocycles. The molecule has 0 radical (unpaired) electrons. The van der Waals surface area contributed by atoms with Crippen LogP contribution in [0.4, 0.5) is 16.2 Å². The minimum atomic E-state index is -0.305. The number of benzene rings is 1. The van der Waals surface area contributed by atoms with Crippen LogP contribution in [-0.2, 0) is 0 Å². The van der Waals surface area contributed by atoms with Crippen LogP contribution >= 0.6 is 0 Å². The van der Waals surface area contributed by atoms with E-state index in [2.05, 4.69) is 30.2 Å². The second-order valence-electron chi connectivity index (χ2n) is 7.09. The smallest absolute Gasteiger partial charge is 0.226 e. The summed E-state index contributed by atoms with van der Waals surface area (Å²) >= 11 is 0. The summed E-state index contributed by atoms with van der Waals surface area (Å²) in [6.07, 6.45) is 3.55. The third kappa shape index (κ3) is 4.96. The van der Waals surface area contributed by atoms with Gasteiger partial charge in [0.25, 0.3) is 0 Å². The van der Waals surface area contributed by atoms with Crippen molar-refractivity contribution in [1.82, 2.24) is 19.9 Å². The molecule has 8 heteroatoms. The zero-order valence-corrected chi connectivity index (χ0v) is 16.5. The molecule has 7 nitrogen and oxygen atoms in total. The number of hydrogen-bond donors (Lipinski definition) is 1. The number of hydrogen-bond acceptors (Lipinski definition) is 7. The summed E-state index contributed by atoms with van der Waals surface area (Å²) in [5.41, 5.74) is 0.985. The zero-order chi connectivity index (χ0) is 20.2. The minimum absolute atomic E-state index is 0.274. The predicted molar refractivity (Wildman–Crippen MR) is 109 cm³/mol.